The predicted molar refractivity (Wildman–Crippen MR) is 109 cm³/mol. The highest BCUT2D eigenvalue weighted by molar-refractivity contribution is 5.93. The van der Waals surface area contributed by atoms with E-state index in [1.807, 2.05) is 37.3 Å². The molecule has 2 N–H and O–H groups in total. The Labute approximate surface area is 159 Å². The number of carbonyl (C=O) groups excluding carboxylic acids is 1. The third-order valence-electron chi connectivity index (χ3n) is 5.55. The lowest BCUT2D eigenvalue weighted by atomic mass is 9.97. The zero-order valence-electron chi connectivity index (χ0n) is 16.0. The van der Waals surface area contributed by atoms with Gasteiger partial charge in [0.2, 0.25) is 5.91 Å². The Hall–Kier alpha value is -2.66. The maximum atomic E-state index is 12.6. The van der Waals surface area contributed by atoms with Gasteiger partial charge in [-0.15, -0.1) is 0 Å². The maximum absolute atomic E-state index is 12.6. The van der Waals surface area contributed by atoms with E-state index in [1.165, 1.54) is 5.56 Å². The SMILES string of the molecule is Cc1cccc(NC(=O)CN2CCCC(c3nc4ccccc4[nH]3)C2)c1C. The van der Waals surface area contributed by atoms with Crippen LogP contribution in [0.2, 0.25) is 0 Å². The summed E-state index contributed by atoms with van der Waals surface area (Å²) in [6.07, 6.45) is 2.19. The second kappa shape index (κ2) is 7.53. The normalized spacial score (nSPS) is 17.9. The van der Waals surface area contributed by atoms with Crippen molar-refractivity contribution in [1.82, 2.24) is 14.9 Å². The molecule has 1 amide bonds. The lowest BCUT2D eigenvalue weighted by molar-refractivity contribution is -0.117. The summed E-state index contributed by atoms with van der Waals surface area (Å²) < 4.78 is 0. The lowest BCUT2D eigenvalue weighted by Gasteiger charge is -2.31. The van der Waals surface area contributed by atoms with Crippen molar-refractivity contribution in [2.75, 3.05) is 25.0 Å². The number of aryl methyl sites for hydroxylation is 1. The van der Waals surface area contributed by atoms with E-state index in [2.05, 4.69) is 34.3 Å². The number of anilines is 1. The molecule has 1 aromatic heterocycles. The molecule has 0 spiro atoms. The van der Waals surface area contributed by atoms with Gasteiger partial charge in [-0.3, -0.25) is 9.69 Å². The average molecular weight is 362 g/mol. The molecule has 0 saturated carbocycles. The van der Waals surface area contributed by atoms with Crippen LogP contribution in [0.25, 0.3) is 11.0 Å². The summed E-state index contributed by atoms with van der Waals surface area (Å²) in [5.41, 5.74) is 5.32. The van der Waals surface area contributed by atoms with Crippen molar-refractivity contribution in [1.29, 1.82) is 0 Å². The molecular formula is C22H26N4O. The summed E-state index contributed by atoms with van der Waals surface area (Å²) in [7, 11) is 0. The minimum absolute atomic E-state index is 0.0500. The first-order chi connectivity index (χ1) is 13.1. The van der Waals surface area contributed by atoms with E-state index in [1.54, 1.807) is 0 Å². The second-order valence-electron chi connectivity index (χ2n) is 7.51. The Kier molecular flexibility index (Phi) is 4.94. The number of amides is 1. The molecule has 1 fully saturated rings. The average Bonchev–Trinajstić information content (AvgIpc) is 3.10. The molecule has 2 aromatic carbocycles. The number of H-pyrrole nitrogens is 1. The Morgan fingerprint density at radius 1 is 1.22 bits per heavy atom. The third-order valence-corrected chi connectivity index (χ3v) is 5.55. The molecule has 140 valence electrons. The second-order valence-corrected chi connectivity index (χ2v) is 7.51. The van der Waals surface area contributed by atoms with E-state index in [-0.39, 0.29) is 5.91 Å². The number of para-hydroxylation sites is 2. The molecule has 1 aliphatic rings. The molecule has 3 aromatic rings. The van der Waals surface area contributed by atoms with Crippen molar-refractivity contribution < 1.29 is 4.79 Å². The number of piperidine rings is 1. The molecule has 0 radical (unpaired) electrons. The first kappa shape index (κ1) is 17.7. The summed E-state index contributed by atoms with van der Waals surface area (Å²) >= 11 is 0. The molecule has 5 nitrogen and oxygen atoms in total. The van der Waals surface area contributed by atoms with Crippen molar-refractivity contribution in [2.24, 2.45) is 0 Å². The van der Waals surface area contributed by atoms with Crippen LogP contribution in [0.4, 0.5) is 5.69 Å². The van der Waals surface area contributed by atoms with Crippen LogP contribution in [0.15, 0.2) is 42.5 Å². The summed E-state index contributed by atoms with van der Waals surface area (Å²) in [4.78, 5) is 23.0. The fraction of sp³-hybridized carbons (Fsp3) is 0.364. The van der Waals surface area contributed by atoms with Crippen LogP contribution in [0.3, 0.4) is 0 Å². The third kappa shape index (κ3) is 3.88. The number of imidazole rings is 1. The largest absolute Gasteiger partial charge is 0.342 e. The van der Waals surface area contributed by atoms with Crippen molar-refractivity contribution in [3.8, 4) is 0 Å². The summed E-state index contributed by atoms with van der Waals surface area (Å²) in [5, 5.41) is 3.07. The molecule has 1 saturated heterocycles. The van der Waals surface area contributed by atoms with Gasteiger partial charge in [0.15, 0.2) is 0 Å². The van der Waals surface area contributed by atoms with Crippen molar-refractivity contribution in [3.63, 3.8) is 0 Å². The van der Waals surface area contributed by atoms with Crippen LogP contribution in [0, 0.1) is 13.8 Å². The minimum atomic E-state index is 0.0500. The fourth-order valence-corrected chi connectivity index (χ4v) is 3.87. The number of benzene rings is 2. The van der Waals surface area contributed by atoms with Crippen LogP contribution < -0.4 is 5.32 Å². The first-order valence-electron chi connectivity index (χ1n) is 9.63. The maximum Gasteiger partial charge on any atom is 0.238 e. The molecular weight excluding hydrogens is 336 g/mol. The smallest absolute Gasteiger partial charge is 0.238 e. The van der Waals surface area contributed by atoms with Gasteiger partial charge in [0.1, 0.15) is 5.82 Å². The van der Waals surface area contributed by atoms with Gasteiger partial charge in [-0.1, -0.05) is 24.3 Å². The van der Waals surface area contributed by atoms with Gasteiger partial charge in [-0.05, 0) is 62.6 Å². The van der Waals surface area contributed by atoms with E-state index in [0.29, 0.717) is 12.5 Å². The van der Waals surface area contributed by atoms with Crippen LogP contribution in [0.5, 0.6) is 0 Å². The number of carbonyl (C=O) groups is 1. The Balaban J connectivity index is 1.40. The first-order valence-corrected chi connectivity index (χ1v) is 9.63. The molecule has 4 rings (SSSR count). The van der Waals surface area contributed by atoms with Crippen LogP contribution >= 0.6 is 0 Å². The standard InChI is InChI=1S/C22H26N4O/c1-15-7-5-11-18(16(15)2)23-21(27)14-26-12-6-8-17(13-26)22-24-19-9-3-4-10-20(19)25-22/h3-5,7,9-11,17H,6,8,12-14H2,1-2H3,(H,23,27)(H,24,25). The molecule has 27 heavy (non-hydrogen) atoms. The zero-order valence-corrected chi connectivity index (χ0v) is 16.0. The number of fused-ring (bicyclic) bond motifs is 1. The van der Waals surface area contributed by atoms with Gasteiger partial charge < -0.3 is 10.3 Å². The topological polar surface area (TPSA) is 61.0 Å². The van der Waals surface area contributed by atoms with Gasteiger partial charge in [0, 0.05) is 18.2 Å². The Bertz CT molecular complexity index is 929. The lowest BCUT2D eigenvalue weighted by Crippen LogP contribution is -2.40. The highest BCUT2D eigenvalue weighted by Crippen LogP contribution is 2.26. The van der Waals surface area contributed by atoms with Gasteiger partial charge in [0.25, 0.3) is 0 Å². The van der Waals surface area contributed by atoms with E-state index in [9.17, 15) is 4.79 Å². The van der Waals surface area contributed by atoms with Crippen molar-refractivity contribution in [3.05, 3.63) is 59.4 Å². The zero-order chi connectivity index (χ0) is 18.8. The van der Waals surface area contributed by atoms with Gasteiger partial charge in [-0.25, -0.2) is 4.98 Å². The van der Waals surface area contributed by atoms with Gasteiger partial charge in [0.05, 0.1) is 17.6 Å². The molecule has 1 unspecified atom stereocenters. The number of likely N-dealkylation sites (tertiary alicyclic amines) is 1. The number of aromatic nitrogens is 2. The van der Waals surface area contributed by atoms with E-state index >= 15 is 0 Å². The van der Waals surface area contributed by atoms with Crippen LogP contribution in [-0.4, -0.2) is 40.4 Å². The van der Waals surface area contributed by atoms with Gasteiger partial charge >= 0.3 is 0 Å². The van der Waals surface area contributed by atoms with Gasteiger partial charge in [-0.2, -0.15) is 0 Å². The summed E-state index contributed by atoms with van der Waals surface area (Å²) in [6.45, 7) is 6.35. The highest BCUT2D eigenvalue weighted by atomic mass is 16.2. The number of nitrogens with zero attached hydrogens (tertiary/aromatic N) is 2. The summed E-state index contributed by atoms with van der Waals surface area (Å²) in [6, 6.07) is 14.1. The van der Waals surface area contributed by atoms with Crippen molar-refractivity contribution in [2.45, 2.75) is 32.6 Å². The molecule has 1 aliphatic heterocycles. The minimum Gasteiger partial charge on any atom is -0.342 e. The summed E-state index contributed by atoms with van der Waals surface area (Å²) in [5.74, 6) is 1.43. The number of rotatable bonds is 4. The molecule has 2 heterocycles. The van der Waals surface area contributed by atoms with E-state index in [0.717, 1.165) is 54.0 Å². The Morgan fingerprint density at radius 2 is 2.07 bits per heavy atom. The monoisotopic (exact) mass is 362 g/mol. The van der Waals surface area contributed by atoms with E-state index < -0.39 is 0 Å². The number of aromatic amines is 1. The van der Waals surface area contributed by atoms with Crippen LogP contribution in [-0.2, 0) is 4.79 Å². The predicted octanol–water partition coefficient (Wildman–Crippen LogP) is 4.00. The van der Waals surface area contributed by atoms with E-state index in [4.69, 9.17) is 4.98 Å². The fourth-order valence-electron chi connectivity index (χ4n) is 3.87. The van der Waals surface area contributed by atoms with Crippen molar-refractivity contribution >= 4 is 22.6 Å². The number of hydrogen-bond acceptors (Lipinski definition) is 3. The number of hydrogen-bond donors (Lipinski definition) is 2. The van der Waals surface area contributed by atoms with Crippen LogP contribution in [0.1, 0.15) is 35.7 Å². The Morgan fingerprint density at radius 3 is 2.93 bits per heavy atom. The molecule has 0 bridgehead atoms. The number of nitrogens with one attached hydrogen (secondary N) is 2. The highest BCUT2D eigenvalue weighted by Gasteiger charge is 2.25. The molecule has 1 atom stereocenters. The quantitative estimate of drug-likeness (QED) is 0.737. The molecule has 5 heteroatoms. The molecule has 0 aliphatic carbocycles.